The zero-order valence-corrected chi connectivity index (χ0v) is 12.1. The lowest BCUT2D eigenvalue weighted by atomic mass is 10.2. The Morgan fingerprint density at radius 2 is 2.00 bits per heavy atom. The largest absolute Gasteiger partial charge is 0.497 e. The van der Waals surface area contributed by atoms with Crippen LogP contribution in [0.25, 0.3) is 11.4 Å². The van der Waals surface area contributed by atoms with Gasteiger partial charge in [0.05, 0.1) is 7.11 Å². The van der Waals surface area contributed by atoms with Gasteiger partial charge in [0.1, 0.15) is 5.75 Å². The normalized spacial score (nSPS) is 10.5. The Morgan fingerprint density at radius 3 is 2.71 bits per heavy atom. The van der Waals surface area contributed by atoms with Crippen LogP contribution in [0.4, 0.5) is 5.69 Å². The van der Waals surface area contributed by atoms with Crippen molar-refractivity contribution in [3.05, 3.63) is 42.5 Å². The van der Waals surface area contributed by atoms with Crippen LogP contribution in [0.5, 0.6) is 5.75 Å². The molecule has 0 spiro atoms. The molecule has 0 atom stereocenters. The molecule has 0 aliphatic heterocycles. The van der Waals surface area contributed by atoms with E-state index in [0.29, 0.717) is 5.82 Å². The van der Waals surface area contributed by atoms with Gasteiger partial charge in [0.15, 0.2) is 5.82 Å². The number of nitrogen functional groups attached to an aromatic ring is 1. The summed E-state index contributed by atoms with van der Waals surface area (Å²) in [5.41, 5.74) is 7.63. The molecule has 0 saturated carbocycles. The number of benzene rings is 2. The molecule has 2 aromatic carbocycles. The van der Waals surface area contributed by atoms with Crippen LogP contribution in [0.1, 0.15) is 0 Å². The molecule has 1 heterocycles. The highest BCUT2D eigenvalue weighted by Crippen LogP contribution is 2.38. The maximum Gasteiger partial charge on any atom is 0.180 e. The fourth-order valence-electron chi connectivity index (χ4n) is 1.87. The highest BCUT2D eigenvalue weighted by atomic mass is 32.2. The number of nitrogens with two attached hydrogens (primary N) is 1. The van der Waals surface area contributed by atoms with Crippen molar-refractivity contribution in [3.8, 4) is 17.1 Å². The van der Waals surface area contributed by atoms with Crippen molar-refractivity contribution in [1.29, 1.82) is 0 Å². The quantitative estimate of drug-likeness (QED) is 0.720. The number of nitrogens with zero attached hydrogens (tertiary/aromatic N) is 3. The predicted molar refractivity (Wildman–Crippen MR) is 81.1 cm³/mol. The van der Waals surface area contributed by atoms with Gasteiger partial charge in [-0.2, -0.15) is 0 Å². The van der Waals surface area contributed by atoms with Gasteiger partial charge >= 0.3 is 0 Å². The number of hydrogen-bond acceptors (Lipinski definition) is 6. The molecule has 0 amide bonds. The molecule has 0 aliphatic rings. The third-order valence-electron chi connectivity index (χ3n) is 2.93. The van der Waals surface area contributed by atoms with Crippen LogP contribution >= 0.6 is 11.8 Å². The van der Waals surface area contributed by atoms with E-state index in [1.807, 2.05) is 42.5 Å². The lowest BCUT2D eigenvalue weighted by molar-refractivity contribution is 0.414. The van der Waals surface area contributed by atoms with Crippen molar-refractivity contribution < 1.29 is 4.74 Å². The Kier molecular flexibility index (Phi) is 3.74. The maximum atomic E-state index is 6.01. The summed E-state index contributed by atoms with van der Waals surface area (Å²) in [5.74, 6) is 1.37. The highest BCUT2D eigenvalue weighted by molar-refractivity contribution is 7.99. The molecule has 0 bridgehead atoms. The van der Waals surface area contributed by atoms with E-state index in [-0.39, 0.29) is 0 Å². The minimum Gasteiger partial charge on any atom is -0.497 e. The van der Waals surface area contributed by atoms with Crippen molar-refractivity contribution in [2.75, 3.05) is 12.8 Å². The van der Waals surface area contributed by atoms with E-state index in [0.717, 1.165) is 26.8 Å². The Balaban J connectivity index is 2.05. The number of tetrazole rings is 1. The number of hydrogen-bond donors (Lipinski definition) is 2. The molecule has 6 nitrogen and oxygen atoms in total. The molecule has 3 aromatic rings. The smallest absolute Gasteiger partial charge is 0.180 e. The lowest BCUT2D eigenvalue weighted by Crippen LogP contribution is -1.91. The summed E-state index contributed by atoms with van der Waals surface area (Å²) >= 11 is 1.55. The second kappa shape index (κ2) is 5.84. The van der Waals surface area contributed by atoms with E-state index in [2.05, 4.69) is 20.6 Å². The first-order chi connectivity index (χ1) is 10.3. The fraction of sp³-hybridized carbons (Fsp3) is 0.0714. The number of methoxy groups -OCH3 is 1. The summed E-state index contributed by atoms with van der Waals surface area (Å²) in [7, 11) is 1.64. The zero-order chi connectivity index (χ0) is 14.7. The SMILES string of the molecule is COc1ccc(-c2nnn[nH]2)c(Sc2ccccc2N)c1. The van der Waals surface area contributed by atoms with Crippen molar-refractivity contribution in [2.24, 2.45) is 0 Å². The molecule has 106 valence electrons. The molecule has 0 radical (unpaired) electrons. The molecule has 0 unspecified atom stereocenters. The number of aromatic amines is 1. The molecule has 0 aliphatic carbocycles. The molecule has 7 heteroatoms. The van der Waals surface area contributed by atoms with Crippen molar-refractivity contribution >= 4 is 17.4 Å². The van der Waals surface area contributed by atoms with Crippen molar-refractivity contribution in [2.45, 2.75) is 9.79 Å². The lowest BCUT2D eigenvalue weighted by Gasteiger charge is -2.10. The van der Waals surface area contributed by atoms with Gasteiger partial charge in [-0.15, -0.1) is 5.10 Å². The van der Waals surface area contributed by atoms with Gasteiger partial charge in [-0.05, 0) is 40.8 Å². The monoisotopic (exact) mass is 299 g/mol. The second-order valence-electron chi connectivity index (χ2n) is 4.25. The van der Waals surface area contributed by atoms with Gasteiger partial charge in [0.2, 0.25) is 0 Å². The Labute approximate surface area is 125 Å². The standard InChI is InChI=1S/C14H13N5OS/c1-20-9-6-7-10(14-16-18-19-17-14)13(8-9)21-12-5-3-2-4-11(12)15/h2-8H,15H2,1H3,(H,16,17,18,19). The van der Waals surface area contributed by atoms with Crippen LogP contribution in [0.15, 0.2) is 52.3 Å². The van der Waals surface area contributed by atoms with Crippen LogP contribution in [0, 0.1) is 0 Å². The average molecular weight is 299 g/mol. The summed E-state index contributed by atoms with van der Waals surface area (Å²) in [6.07, 6.45) is 0. The topological polar surface area (TPSA) is 89.7 Å². The predicted octanol–water partition coefficient (Wildman–Crippen LogP) is 2.61. The summed E-state index contributed by atoms with van der Waals surface area (Å²) in [5, 5.41) is 14.0. The van der Waals surface area contributed by atoms with Gasteiger partial charge in [0.25, 0.3) is 0 Å². The molecule has 3 rings (SSSR count). The van der Waals surface area contributed by atoms with Crippen LogP contribution in [0.2, 0.25) is 0 Å². The number of aromatic nitrogens is 4. The molecule has 1 aromatic heterocycles. The molecule has 0 saturated heterocycles. The summed E-state index contributed by atoms with van der Waals surface area (Å²) in [6.45, 7) is 0. The minimum absolute atomic E-state index is 0.606. The van der Waals surface area contributed by atoms with E-state index in [1.54, 1.807) is 18.9 Å². The second-order valence-corrected chi connectivity index (χ2v) is 5.34. The Morgan fingerprint density at radius 1 is 1.14 bits per heavy atom. The molecular formula is C14H13N5OS. The van der Waals surface area contributed by atoms with Gasteiger partial charge in [-0.1, -0.05) is 23.9 Å². The summed E-state index contributed by atoms with van der Waals surface area (Å²) in [4.78, 5) is 1.94. The first-order valence-corrected chi connectivity index (χ1v) is 7.04. The van der Waals surface area contributed by atoms with Crippen LogP contribution in [-0.4, -0.2) is 27.7 Å². The van der Waals surface area contributed by atoms with Gasteiger partial charge in [-0.25, -0.2) is 5.10 Å². The number of rotatable bonds is 4. The number of H-pyrrole nitrogens is 1. The maximum absolute atomic E-state index is 6.01. The number of anilines is 1. The van der Waals surface area contributed by atoms with Crippen molar-refractivity contribution in [1.82, 2.24) is 20.6 Å². The fourth-order valence-corrected chi connectivity index (χ4v) is 2.89. The third-order valence-corrected chi connectivity index (χ3v) is 4.08. The first kappa shape index (κ1) is 13.4. The van der Waals surface area contributed by atoms with Gasteiger partial charge in [0, 0.05) is 21.0 Å². The molecular weight excluding hydrogens is 286 g/mol. The van der Waals surface area contributed by atoms with Gasteiger partial charge < -0.3 is 10.5 Å². The minimum atomic E-state index is 0.606. The van der Waals surface area contributed by atoms with Crippen molar-refractivity contribution in [3.63, 3.8) is 0 Å². The number of para-hydroxylation sites is 1. The molecule has 3 N–H and O–H groups in total. The van der Waals surface area contributed by atoms with E-state index in [9.17, 15) is 0 Å². The van der Waals surface area contributed by atoms with Crippen LogP contribution in [0.3, 0.4) is 0 Å². The van der Waals surface area contributed by atoms with Gasteiger partial charge in [-0.3, -0.25) is 0 Å². The van der Waals surface area contributed by atoms with Crippen LogP contribution < -0.4 is 10.5 Å². The van der Waals surface area contributed by atoms with Crippen LogP contribution in [-0.2, 0) is 0 Å². The summed E-state index contributed by atoms with van der Waals surface area (Å²) in [6, 6.07) is 13.4. The van der Waals surface area contributed by atoms with E-state index < -0.39 is 0 Å². The third kappa shape index (κ3) is 2.82. The zero-order valence-electron chi connectivity index (χ0n) is 11.3. The first-order valence-electron chi connectivity index (χ1n) is 6.22. The Bertz CT molecular complexity index is 745. The summed E-state index contributed by atoms with van der Waals surface area (Å²) < 4.78 is 5.29. The Hall–Kier alpha value is -2.54. The average Bonchev–Trinajstić information content (AvgIpc) is 3.03. The molecule has 21 heavy (non-hydrogen) atoms. The van der Waals surface area contributed by atoms with E-state index >= 15 is 0 Å². The number of nitrogens with one attached hydrogen (secondary N) is 1. The number of ether oxygens (including phenoxy) is 1. The van der Waals surface area contributed by atoms with E-state index in [4.69, 9.17) is 10.5 Å². The molecule has 0 fully saturated rings. The highest BCUT2D eigenvalue weighted by Gasteiger charge is 2.12. The van der Waals surface area contributed by atoms with E-state index in [1.165, 1.54) is 0 Å².